The lowest BCUT2D eigenvalue weighted by molar-refractivity contribution is 0.0299. The van der Waals surface area contributed by atoms with E-state index in [1.807, 2.05) is 41.0 Å². The number of carbonyl (C=O) groups is 1. The Kier molecular flexibility index (Phi) is 5.31. The summed E-state index contributed by atoms with van der Waals surface area (Å²) in [7, 11) is 1.73. The zero-order valence-electron chi connectivity index (χ0n) is 16.7. The molecule has 1 saturated heterocycles. The molecule has 1 aliphatic heterocycles. The van der Waals surface area contributed by atoms with Crippen molar-refractivity contribution in [1.29, 1.82) is 0 Å². The molecule has 3 heterocycles. The van der Waals surface area contributed by atoms with Gasteiger partial charge in [0.2, 0.25) is 0 Å². The van der Waals surface area contributed by atoms with Gasteiger partial charge in [-0.15, -0.1) is 0 Å². The standard InChI is InChI=1S/C22H24N4O3/c1-16-12-18(14-24(2)21(16)27)20-23-19(22(28)25-8-10-29-11-9-25)15-26(20)13-17-6-4-3-5-7-17/h3-7,12,14-15H,8-11,13H2,1-2H3. The van der Waals surface area contributed by atoms with E-state index < -0.39 is 0 Å². The van der Waals surface area contributed by atoms with Crippen molar-refractivity contribution in [3.63, 3.8) is 0 Å². The molecule has 1 amide bonds. The molecule has 4 rings (SSSR count). The molecule has 2 aromatic heterocycles. The minimum atomic E-state index is -0.0945. The molecule has 29 heavy (non-hydrogen) atoms. The molecule has 0 aliphatic carbocycles. The predicted molar refractivity (Wildman–Crippen MR) is 110 cm³/mol. The number of benzene rings is 1. The van der Waals surface area contributed by atoms with Crippen LogP contribution in [-0.2, 0) is 18.3 Å². The zero-order chi connectivity index (χ0) is 20.4. The first-order chi connectivity index (χ1) is 14.0. The maximum absolute atomic E-state index is 13.0. The second-order valence-electron chi connectivity index (χ2n) is 7.30. The highest BCUT2D eigenvalue weighted by atomic mass is 16.5. The Labute approximate surface area is 169 Å². The summed E-state index contributed by atoms with van der Waals surface area (Å²) in [6, 6.07) is 11.9. The fourth-order valence-corrected chi connectivity index (χ4v) is 3.58. The first-order valence-electron chi connectivity index (χ1n) is 9.68. The van der Waals surface area contributed by atoms with Crippen molar-refractivity contribution in [2.45, 2.75) is 13.5 Å². The third-order valence-corrected chi connectivity index (χ3v) is 5.11. The Morgan fingerprint density at radius 1 is 1.14 bits per heavy atom. The third-order valence-electron chi connectivity index (χ3n) is 5.11. The average molecular weight is 392 g/mol. The Bertz CT molecular complexity index is 1050. The van der Waals surface area contributed by atoms with E-state index in [4.69, 9.17) is 4.74 Å². The summed E-state index contributed by atoms with van der Waals surface area (Å²) in [4.78, 5) is 31.5. The van der Waals surface area contributed by atoms with Crippen LogP contribution in [0, 0.1) is 6.92 Å². The molecule has 0 saturated carbocycles. The molecule has 150 valence electrons. The van der Waals surface area contributed by atoms with Crippen molar-refractivity contribution < 1.29 is 9.53 Å². The van der Waals surface area contributed by atoms with Gasteiger partial charge in [0.25, 0.3) is 11.5 Å². The SMILES string of the molecule is Cc1cc(-c2nc(C(=O)N3CCOCC3)cn2Cc2ccccc2)cn(C)c1=O. The summed E-state index contributed by atoms with van der Waals surface area (Å²) < 4.78 is 8.87. The number of aromatic nitrogens is 3. The van der Waals surface area contributed by atoms with Crippen molar-refractivity contribution in [1.82, 2.24) is 19.0 Å². The zero-order valence-corrected chi connectivity index (χ0v) is 16.7. The number of carbonyl (C=O) groups excluding carboxylic acids is 1. The van der Waals surface area contributed by atoms with Gasteiger partial charge in [0, 0.05) is 50.2 Å². The van der Waals surface area contributed by atoms with Gasteiger partial charge in [-0.05, 0) is 18.6 Å². The number of aryl methyl sites for hydroxylation is 2. The van der Waals surface area contributed by atoms with E-state index in [0.29, 0.717) is 49.9 Å². The van der Waals surface area contributed by atoms with Crippen LogP contribution in [0.4, 0.5) is 0 Å². The number of nitrogens with zero attached hydrogens (tertiary/aromatic N) is 4. The van der Waals surface area contributed by atoms with Gasteiger partial charge in [-0.25, -0.2) is 4.98 Å². The van der Waals surface area contributed by atoms with E-state index in [0.717, 1.165) is 11.1 Å². The van der Waals surface area contributed by atoms with Gasteiger partial charge in [0.1, 0.15) is 11.5 Å². The lowest BCUT2D eigenvalue weighted by Gasteiger charge is -2.25. The normalized spacial score (nSPS) is 14.2. The van der Waals surface area contributed by atoms with E-state index in [2.05, 4.69) is 4.98 Å². The highest BCUT2D eigenvalue weighted by Crippen LogP contribution is 2.21. The molecule has 1 aliphatic rings. The Balaban J connectivity index is 1.76. The largest absolute Gasteiger partial charge is 0.378 e. The van der Waals surface area contributed by atoms with Crippen molar-refractivity contribution in [2.24, 2.45) is 7.05 Å². The van der Waals surface area contributed by atoms with Gasteiger partial charge in [0.05, 0.1) is 13.2 Å². The number of hydrogen-bond acceptors (Lipinski definition) is 4. The Morgan fingerprint density at radius 3 is 2.55 bits per heavy atom. The van der Waals surface area contributed by atoms with E-state index in [-0.39, 0.29) is 11.5 Å². The van der Waals surface area contributed by atoms with Crippen molar-refractivity contribution in [3.8, 4) is 11.4 Å². The van der Waals surface area contributed by atoms with Gasteiger partial charge in [0.15, 0.2) is 0 Å². The van der Waals surface area contributed by atoms with Crippen LogP contribution in [0.25, 0.3) is 11.4 Å². The Hall–Kier alpha value is -3.19. The van der Waals surface area contributed by atoms with Crippen LogP contribution in [0.5, 0.6) is 0 Å². The van der Waals surface area contributed by atoms with Gasteiger partial charge in [-0.2, -0.15) is 0 Å². The fourth-order valence-electron chi connectivity index (χ4n) is 3.58. The van der Waals surface area contributed by atoms with E-state index >= 15 is 0 Å². The molecule has 0 bridgehead atoms. The van der Waals surface area contributed by atoms with Crippen molar-refractivity contribution in [2.75, 3.05) is 26.3 Å². The lowest BCUT2D eigenvalue weighted by Crippen LogP contribution is -2.40. The molecule has 0 spiro atoms. The summed E-state index contributed by atoms with van der Waals surface area (Å²) in [5.74, 6) is 0.576. The molecule has 0 atom stereocenters. The molecule has 1 aromatic carbocycles. The van der Waals surface area contributed by atoms with Crippen LogP contribution in [0.15, 0.2) is 53.6 Å². The van der Waals surface area contributed by atoms with Crippen LogP contribution in [-0.4, -0.2) is 51.2 Å². The molecule has 1 fully saturated rings. The number of imidazole rings is 1. The highest BCUT2D eigenvalue weighted by Gasteiger charge is 2.23. The quantitative estimate of drug-likeness (QED) is 0.682. The topological polar surface area (TPSA) is 69.4 Å². The van der Waals surface area contributed by atoms with Crippen molar-refractivity contribution >= 4 is 5.91 Å². The van der Waals surface area contributed by atoms with Crippen molar-refractivity contribution in [3.05, 3.63) is 76.0 Å². The monoisotopic (exact) mass is 392 g/mol. The minimum absolute atomic E-state index is 0.0421. The summed E-state index contributed by atoms with van der Waals surface area (Å²) >= 11 is 0. The van der Waals surface area contributed by atoms with Gasteiger partial charge in [-0.3, -0.25) is 9.59 Å². The Morgan fingerprint density at radius 2 is 1.86 bits per heavy atom. The molecule has 0 N–H and O–H groups in total. The lowest BCUT2D eigenvalue weighted by atomic mass is 10.2. The minimum Gasteiger partial charge on any atom is -0.378 e. The van der Waals surface area contributed by atoms with Gasteiger partial charge >= 0.3 is 0 Å². The van der Waals surface area contributed by atoms with Crippen LogP contribution >= 0.6 is 0 Å². The van der Waals surface area contributed by atoms with Crippen LogP contribution in [0.1, 0.15) is 21.6 Å². The van der Waals surface area contributed by atoms with E-state index in [1.54, 1.807) is 35.8 Å². The van der Waals surface area contributed by atoms with E-state index in [1.165, 1.54) is 0 Å². The van der Waals surface area contributed by atoms with Gasteiger partial charge < -0.3 is 18.8 Å². The average Bonchev–Trinajstić information content (AvgIpc) is 3.16. The molecular formula is C22H24N4O3. The molecule has 3 aromatic rings. The second kappa shape index (κ2) is 8.05. The number of hydrogen-bond donors (Lipinski definition) is 0. The number of pyridine rings is 1. The predicted octanol–water partition coefficient (Wildman–Crippen LogP) is 2.08. The highest BCUT2D eigenvalue weighted by molar-refractivity contribution is 5.93. The second-order valence-corrected chi connectivity index (χ2v) is 7.30. The third kappa shape index (κ3) is 4.00. The summed E-state index contributed by atoms with van der Waals surface area (Å²) in [6.45, 7) is 4.60. The first-order valence-corrected chi connectivity index (χ1v) is 9.68. The summed E-state index contributed by atoms with van der Waals surface area (Å²) in [6.07, 6.45) is 3.57. The maximum Gasteiger partial charge on any atom is 0.274 e. The smallest absolute Gasteiger partial charge is 0.274 e. The summed E-state index contributed by atoms with van der Waals surface area (Å²) in [5.41, 5.74) is 2.92. The van der Waals surface area contributed by atoms with Crippen LogP contribution < -0.4 is 5.56 Å². The molecule has 0 radical (unpaired) electrons. The number of amides is 1. The maximum atomic E-state index is 13.0. The fraction of sp³-hybridized carbons (Fsp3) is 0.318. The van der Waals surface area contributed by atoms with Gasteiger partial charge in [-0.1, -0.05) is 30.3 Å². The summed E-state index contributed by atoms with van der Waals surface area (Å²) in [5, 5.41) is 0. The molecule has 7 nitrogen and oxygen atoms in total. The van der Waals surface area contributed by atoms with Crippen LogP contribution in [0.3, 0.4) is 0 Å². The van der Waals surface area contributed by atoms with E-state index in [9.17, 15) is 9.59 Å². The first kappa shape index (κ1) is 19.1. The number of morpholine rings is 1. The molecule has 0 unspecified atom stereocenters. The number of ether oxygens (including phenoxy) is 1. The molecular weight excluding hydrogens is 368 g/mol. The van der Waals surface area contributed by atoms with Crippen LogP contribution in [0.2, 0.25) is 0 Å². The number of rotatable bonds is 4. The molecule has 7 heteroatoms.